The van der Waals surface area contributed by atoms with Gasteiger partial charge in [0.15, 0.2) is 5.78 Å². The smallest absolute Gasteiger partial charge is 0.205 e. The minimum Gasteiger partial charge on any atom is -0.301 e. The summed E-state index contributed by atoms with van der Waals surface area (Å²) in [5.74, 6) is 6.10. The summed E-state index contributed by atoms with van der Waals surface area (Å²) in [5, 5.41) is 4.88. The van der Waals surface area contributed by atoms with E-state index in [2.05, 4.69) is 26.9 Å². The van der Waals surface area contributed by atoms with E-state index in [1.54, 1.807) is 30.6 Å². The molecule has 6 heteroatoms. The van der Waals surface area contributed by atoms with Gasteiger partial charge in [0.05, 0.1) is 12.1 Å². The van der Waals surface area contributed by atoms with Gasteiger partial charge in [-0.15, -0.1) is 0 Å². The Labute approximate surface area is 132 Å². The molecular weight excluding hydrogens is 292 g/mol. The van der Waals surface area contributed by atoms with Crippen LogP contribution in [-0.4, -0.2) is 31.8 Å². The molecule has 3 aromatic rings. The molecule has 0 amide bonds. The normalized spacial score (nSPS) is 10.1. The maximum atomic E-state index is 11.7. The zero-order chi connectivity index (χ0) is 16.2. The van der Waals surface area contributed by atoms with Crippen LogP contribution in [0.1, 0.15) is 28.8 Å². The van der Waals surface area contributed by atoms with Gasteiger partial charge in [0.1, 0.15) is 12.0 Å². The van der Waals surface area contributed by atoms with Crippen molar-refractivity contribution in [3.8, 4) is 11.8 Å². The molecule has 0 radical (unpaired) electrons. The van der Waals surface area contributed by atoms with E-state index in [9.17, 15) is 9.59 Å². The molecule has 0 bridgehead atoms. The Morgan fingerprint density at radius 2 is 2.04 bits per heavy atom. The summed E-state index contributed by atoms with van der Waals surface area (Å²) in [6.07, 6.45) is 3.99. The van der Waals surface area contributed by atoms with Crippen molar-refractivity contribution in [3.05, 3.63) is 53.7 Å². The molecule has 1 aromatic carbocycles. The lowest BCUT2D eigenvalue weighted by atomic mass is 10.1. The Balaban J connectivity index is 2.08. The molecule has 23 heavy (non-hydrogen) atoms. The van der Waals surface area contributed by atoms with Crippen LogP contribution in [0.3, 0.4) is 0 Å². The fourth-order valence-corrected chi connectivity index (χ4v) is 2.22. The lowest BCUT2D eigenvalue weighted by Crippen LogP contribution is -2.02. The van der Waals surface area contributed by atoms with Gasteiger partial charge in [0, 0.05) is 30.3 Å². The van der Waals surface area contributed by atoms with Crippen LogP contribution in [0.2, 0.25) is 0 Å². The van der Waals surface area contributed by atoms with Gasteiger partial charge in [-0.05, 0) is 30.2 Å². The third-order valence-corrected chi connectivity index (χ3v) is 3.22. The van der Waals surface area contributed by atoms with Crippen LogP contribution in [0.5, 0.6) is 0 Å². The number of Topliss-reactive ketones (excluding diaryl/α,β-unsaturated/α-hetero) is 1. The second-order valence-electron chi connectivity index (χ2n) is 4.81. The van der Waals surface area contributed by atoms with E-state index >= 15 is 0 Å². The minimum absolute atomic E-state index is 0.104. The average Bonchev–Trinajstić information content (AvgIpc) is 2.93. The van der Waals surface area contributed by atoms with E-state index < -0.39 is 0 Å². The van der Waals surface area contributed by atoms with E-state index in [0.29, 0.717) is 16.9 Å². The van der Waals surface area contributed by atoms with Gasteiger partial charge in [0.2, 0.25) is 5.82 Å². The number of rotatable bonds is 3. The second kappa shape index (κ2) is 6.20. The molecule has 3 rings (SSSR count). The van der Waals surface area contributed by atoms with Gasteiger partial charge in [-0.1, -0.05) is 5.92 Å². The van der Waals surface area contributed by atoms with Crippen LogP contribution in [-0.2, 0) is 11.3 Å². The first-order chi connectivity index (χ1) is 11.2. The fraction of sp³-hybridized carbons (Fsp3) is 0.118. The molecule has 0 saturated carbocycles. The van der Waals surface area contributed by atoms with Crippen LogP contribution < -0.4 is 0 Å². The molecule has 2 heterocycles. The number of aromatic nitrogens is 4. The summed E-state index contributed by atoms with van der Waals surface area (Å²) >= 11 is 0. The van der Waals surface area contributed by atoms with E-state index in [4.69, 9.17) is 0 Å². The Bertz CT molecular complexity index is 949. The average molecular weight is 304 g/mol. The summed E-state index contributed by atoms with van der Waals surface area (Å²) in [6.45, 7) is 1.55. The van der Waals surface area contributed by atoms with Crippen LogP contribution in [0.4, 0.5) is 0 Å². The molecule has 0 aliphatic heterocycles. The zero-order valence-electron chi connectivity index (χ0n) is 12.4. The highest BCUT2D eigenvalue weighted by Crippen LogP contribution is 2.20. The maximum Gasteiger partial charge on any atom is 0.205 e. The third kappa shape index (κ3) is 2.99. The van der Waals surface area contributed by atoms with Crippen molar-refractivity contribution in [2.45, 2.75) is 13.5 Å². The highest BCUT2D eigenvalue weighted by Gasteiger charge is 2.14. The predicted octanol–water partition coefficient (Wildman–Crippen LogP) is 1.63. The largest absolute Gasteiger partial charge is 0.301 e. The van der Waals surface area contributed by atoms with Gasteiger partial charge in [-0.2, -0.15) is 5.10 Å². The molecule has 0 atom stereocenters. The van der Waals surface area contributed by atoms with Crippen molar-refractivity contribution in [1.29, 1.82) is 0 Å². The first kappa shape index (κ1) is 14.6. The van der Waals surface area contributed by atoms with Crippen LogP contribution in [0, 0.1) is 11.8 Å². The van der Waals surface area contributed by atoms with Crippen molar-refractivity contribution in [1.82, 2.24) is 19.7 Å². The van der Waals surface area contributed by atoms with E-state index in [0.717, 1.165) is 17.4 Å². The number of benzene rings is 1. The first-order valence-electron chi connectivity index (χ1n) is 6.93. The van der Waals surface area contributed by atoms with Crippen LogP contribution in [0.15, 0.2) is 36.7 Å². The predicted molar refractivity (Wildman–Crippen MR) is 83.8 cm³/mol. The number of carbonyl (C=O) groups is 2. The number of hydrogen-bond donors (Lipinski definition) is 0. The summed E-state index contributed by atoms with van der Waals surface area (Å²) in [5.41, 5.74) is 1.78. The SMILES string of the molecule is CC(=O)c1nn(CC=O)c2ccc(C#Cc3ncccn3)cc12. The highest BCUT2D eigenvalue weighted by atomic mass is 16.1. The lowest BCUT2D eigenvalue weighted by molar-refractivity contribution is -0.108. The van der Waals surface area contributed by atoms with Gasteiger partial charge in [0.25, 0.3) is 0 Å². The molecule has 0 spiro atoms. The molecule has 2 aromatic heterocycles. The summed E-state index contributed by atoms with van der Waals surface area (Å²) in [6, 6.07) is 7.12. The fourth-order valence-electron chi connectivity index (χ4n) is 2.22. The van der Waals surface area contributed by atoms with Crippen molar-refractivity contribution >= 4 is 23.0 Å². The quantitative estimate of drug-likeness (QED) is 0.417. The monoisotopic (exact) mass is 304 g/mol. The third-order valence-electron chi connectivity index (χ3n) is 3.22. The van der Waals surface area contributed by atoms with Gasteiger partial charge in [-0.25, -0.2) is 9.97 Å². The molecule has 112 valence electrons. The molecule has 0 aliphatic rings. The zero-order valence-corrected chi connectivity index (χ0v) is 12.4. The number of hydrogen-bond acceptors (Lipinski definition) is 5. The molecule has 0 N–H and O–H groups in total. The Morgan fingerprint density at radius 3 is 2.74 bits per heavy atom. The first-order valence-corrected chi connectivity index (χ1v) is 6.93. The van der Waals surface area contributed by atoms with Crippen molar-refractivity contribution in [3.63, 3.8) is 0 Å². The van der Waals surface area contributed by atoms with Crippen molar-refractivity contribution in [2.75, 3.05) is 0 Å². The number of fused-ring (bicyclic) bond motifs is 1. The summed E-state index contributed by atoms with van der Waals surface area (Å²) in [7, 11) is 0. The Hall–Kier alpha value is -3.33. The van der Waals surface area contributed by atoms with E-state index in [1.165, 1.54) is 11.6 Å². The second-order valence-corrected chi connectivity index (χ2v) is 4.81. The van der Waals surface area contributed by atoms with Gasteiger partial charge < -0.3 is 4.79 Å². The number of ketones is 1. The van der Waals surface area contributed by atoms with Crippen LogP contribution in [0.25, 0.3) is 10.9 Å². The summed E-state index contributed by atoms with van der Waals surface area (Å²) in [4.78, 5) is 30.6. The van der Waals surface area contributed by atoms with Gasteiger partial charge >= 0.3 is 0 Å². The van der Waals surface area contributed by atoms with E-state index in [-0.39, 0.29) is 12.3 Å². The van der Waals surface area contributed by atoms with E-state index in [1.807, 2.05) is 6.07 Å². The topological polar surface area (TPSA) is 77.7 Å². The molecule has 6 nitrogen and oxygen atoms in total. The number of nitrogens with zero attached hydrogens (tertiary/aromatic N) is 4. The highest BCUT2D eigenvalue weighted by molar-refractivity contribution is 6.05. The molecule has 0 saturated heterocycles. The van der Waals surface area contributed by atoms with Crippen molar-refractivity contribution in [2.24, 2.45) is 0 Å². The van der Waals surface area contributed by atoms with Crippen LogP contribution >= 0.6 is 0 Å². The Morgan fingerprint density at radius 1 is 1.26 bits per heavy atom. The minimum atomic E-state index is -0.156. The Kier molecular flexibility index (Phi) is 3.93. The number of aldehydes is 1. The molecule has 0 unspecified atom stereocenters. The molecule has 0 aliphatic carbocycles. The summed E-state index contributed by atoms with van der Waals surface area (Å²) < 4.78 is 1.51. The molecule has 0 fully saturated rings. The maximum absolute atomic E-state index is 11.7. The molecular formula is C17H12N4O2. The number of carbonyl (C=O) groups excluding carboxylic acids is 2. The van der Waals surface area contributed by atoms with Crippen molar-refractivity contribution < 1.29 is 9.59 Å². The standard InChI is InChI=1S/C17H12N4O2/c1-12(23)17-14-11-13(4-6-16-18-7-2-8-19-16)3-5-15(14)21(20-17)9-10-22/h2-3,5,7-8,10-11H,9H2,1H3. The van der Waals surface area contributed by atoms with Gasteiger partial charge in [-0.3, -0.25) is 9.48 Å². The lowest BCUT2D eigenvalue weighted by Gasteiger charge is -1.97.